The molecule has 0 aliphatic carbocycles. The lowest BCUT2D eigenvalue weighted by Crippen LogP contribution is -2.41. The molecule has 2 atom stereocenters. The second-order valence-electron chi connectivity index (χ2n) is 4.95. The van der Waals surface area contributed by atoms with Crippen LogP contribution in [0.2, 0.25) is 0 Å². The van der Waals surface area contributed by atoms with Crippen molar-refractivity contribution in [1.82, 2.24) is 5.32 Å². The number of nitrogens with one attached hydrogen (secondary N) is 1. The summed E-state index contributed by atoms with van der Waals surface area (Å²) in [7, 11) is 0. The number of rotatable bonds is 0. The minimum absolute atomic E-state index is 0.493. The molecule has 11 heavy (non-hydrogen) atoms. The van der Waals surface area contributed by atoms with E-state index in [0.717, 1.165) is 12.0 Å². The van der Waals surface area contributed by atoms with E-state index in [0.29, 0.717) is 5.41 Å². The van der Waals surface area contributed by atoms with Crippen molar-refractivity contribution in [2.24, 2.45) is 11.3 Å². The molecule has 0 aromatic rings. The molecule has 0 unspecified atom stereocenters. The molecule has 1 fully saturated rings. The van der Waals surface area contributed by atoms with Gasteiger partial charge < -0.3 is 5.32 Å². The lowest BCUT2D eigenvalue weighted by Gasteiger charge is -2.36. The fourth-order valence-electron chi connectivity index (χ4n) is 1.74. The Morgan fingerprint density at radius 2 is 1.82 bits per heavy atom. The Morgan fingerprint density at radius 3 is 2.18 bits per heavy atom. The monoisotopic (exact) mass is 155 g/mol. The lowest BCUT2D eigenvalue weighted by atomic mass is 9.76. The summed E-state index contributed by atoms with van der Waals surface area (Å²) >= 11 is 0. The van der Waals surface area contributed by atoms with Crippen LogP contribution in [0.25, 0.3) is 0 Å². The highest BCUT2D eigenvalue weighted by molar-refractivity contribution is 4.82. The van der Waals surface area contributed by atoms with Crippen molar-refractivity contribution in [3.8, 4) is 0 Å². The molecule has 1 heteroatoms. The summed E-state index contributed by atoms with van der Waals surface area (Å²) in [5, 5.41) is 3.54. The minimum Gasteiger partial charge on any atom is -0.314 e. The first-order chi connectivity index (χ1) is 5.00. The Kier molecular flexibility index (Phi) is 2.58. The van der Waals surface area contributed by atoms with Crippen LogP contribution < -0.4 is 5.32 Å². The molecule has 66 valence electrons. The van der Waals surface area contributed by atoms with E-state index in [2.05, 4.69) is 33.0 Å². The normalized spacial score (nSPS) is 33.8. The van der Waals surface area contributed by atoms with Crippen LogP contribution in [0.3, 0.4) is 0 Å². The van der Waals surface area contributed by atoms with Gasteiger partial charge in [-0.05, 0) is 37.6 Å². The standard InChI is InChI=1S/C10H21N/c1-8-5-6-9(7-11-8)10(2,3)4/h8-9,11H,5-7H2,1-4H3/t8-,9+/m0/s1. The van der Waals surface area contributed by atoms with Gasteiger partial charge in [0.05, 0.1) is 0 Å². The summed E-state index contributed by atoms with van der Waals surface area (Å²) in [5.41, 5.74) is 0.493. The van der Waals surface area contributed by atoms with E-state index in [4.69, 9.17) is 0 Å². The lowest BCUT2D eigenvalue weighted by molar-refractivity contribution is 0.175. The largest absolute Gasteiger partial charge is 0.314 e. The van der Waals surface area contributed by atoms with Crippen LogP contribution in [0, 0.1) is 11.3 Å². The Bertz CT molecular complexity index is 115. The van der Waals surface area contributed by atoms with Crippen molar-refractivity contribution in [3.63, 3.8) is 0 Å². The smallest absolute Gasteiger partial charge is 0.00389 e. The van der Waals surface area contributed by atoms with E-state index in [1.807, 2.05) is 0 Å². The molecule has 0 bridgehead atoms. The van der Waals surface area contributed by atoms with Gasteiger partial charge >= 0.3 is 0 Å². The molecule has 0 spiro atoms. The molecule has 1 heterocycles. The van der Waals surface area contributed by atoms with Crippen LogP contribution in [0.15, 0.2) is 0 Å². The second-order valence-corrected chi connectivity index (χ2v) is 4.95. The van der Waals surface area contributed by atoms with E-state index in [9.17, 15) is 0 Å². The summed E-state index contributed by atoms with van der Waals surface area (Å²) in [5.74, 6) is 0.874. The number of hydrogen-bond acceptors (Lipinski definition) is 1. The quantitative estimate of drug-likeness (QED) is 0.566. The highest BCUT2D eigenvalue weighted by Crippen LogP contribution is 2.31. The second kappa shape index (κ2) is 3.14. The molecule has 1 N–H and O–H groups in total. The summed E-state index contributed by atoms with van der Waals surface area (Å²) in [6.07, 6.45) is 2.75. The molecule has 1 nitrogen and oxygen atoms in total. The van der Waals surface area contributed by atoms with E-state index < -0.39 is 0 Å². The summed E-state index contributed by atoms with van der Waals surface area (Å²) < 4.78 is 0. The first kappa shape index (κ1) is 9.05. The maximum Gasteiger partial charge on any atom is 0.00389 e. The number of piperidine rings is 1. The first-order valence-electron chi connectivity index (χ1n) is 4.73. The Balaban J connectivity index is 2.39. The van der Waals surface area contributed by atoms with Crippen LogP contribution >= 0.6 is 0 Å². The zero-order valence-electron chi connectivity index (χ0n) is 8.28. The fraction of sp³-hybridized carbons (Fsp3) is 1.00. The van der Waals surface area contributed by atoms with Crippen molar-refractivity contribution < 1.29 is 0 Å². The van der Waals surface area contributed by atoms with Crippen molar-refractivity contribution in [1.29, 1.82) is 0 Å². The van der Waals surface area contributed by atoms with Crippen LogP contribution in [-0.4, -0.2) is 12.6 Å². The van der Waals surface area contributed by atoms with Crippen LogP contribution in [0.4, 0.5) is 0 Å². The summed E-state index contributed by atoms with van der Waals surface area (Å²) in [6, 6.07) is 0.744. The molecule has 0 radical (unpaired) electrons. The van der Waals surface area contributed by atoms with Gasteiger partial charge in [0, 0.05) is 6.04 Å². The molecule has 1 aliphatic rings. The molecule has 1 rings (SSSR count). The van der Waals surface area contributed by atoms with E-state index >= 15 is 0 Å². The van der Waals surface area contributed by atoms with Crippen molar-refractivity contribution in [2.75, 3.05) is 6.54 Å². The molecular formula is C10H21N. The van der Waals surface area contributed by atoms with Crippen molar-refractivity contribution in [3.05, 3.63) is 0 Å². The van der Waals surface area contributed by atoms with E-state index in [-0.39, 0.29) is 0 Å². The van der Waals surface area contributed by atoms with Gasteiger partial charge in [0.1, 0.15) is 0 Å². The van der Waals surface area contributed by atoms with Gasteiger partial charge in [-0.25, -0.2) is 0 Å². The third kappa shape index (κ3) is 2.48. The molecule has 1 saturated heterocycles. The maximum absolute atomic E-state index is 3.54. The molecule has 1 aliphatic heterocycles. The molecule has 0 aromatic heterocycles. The summed E-state index contributed by atoms with van der Waals surface area (Å²) in [6.45, 7) is 10.5. The summed E-state index contributed by atoms with van der Waals surface area (Å²) in [4.78, 5) is 0. The number of hydrogen-bond donors (Lipinski definition) is 1. The average Bonchev–Trinajstić information content (AvgIpc) is 1.86. The molecule has 0 aromatic carbocycles. The maximum atomic E-state index is 3.54. The van der Waals surface area contributed by atoms with Crippen LogP contribution in [0.1, 0.15) is 40.5 Å². The fourth-order valence-corrected chi connectivity index (χ4v) is 1.74. The Morgan fingerprint density at radius 1 is 1.18 bits per heavy atom. The zero-order valence-corrected chi connectivity index (χ0v) is 8.28. The minimum atomic E-state index is 0.493. The third-order valence-electron chi connectivity index (χ3n) is 2.89. The van der Waals surface area contributed by atoms with E-state index in [1.165, 1.54) is 19.4 Å². The van der Waals surface area contributed by atoms with E-state index in [1.54, 1.807) is 0 Å². The third-order valence-corrected chi connectivity index (χ3v) is 2.89. The zero-order chi connectivity index (χ0) is 8.48. The van der Waals surface area contributed by atoms with Crippen LogP contribution in [0.5, 0.6) is 0 Å². The SMILES string of the molecule is C[C@H]1CC[C@@H](C(C)(C)C)CN1. The first-order valence-corrected chi connectivity index (χ1v) is 4.73. The molecular weight excluding hydrogens is 134 g/mol. The van der Waals surface area contributed by atoms with Gasteiger partial charge in [-0.2, -0.15) is 0 Å². The van der Waals surface area contributed by atoms with Gasteiger partial charge in [0.15, 0.2) is 0 Å². The highest BCUT2D eigenvalue weighted by Gasteiger charge is 2.27. The predicted octanol–water partition coefficient (Wildman–Crippen LogP) is 2.42. The van der Waals surface area contributed by atoms with Gasteiger partial charge in [0.25, 0.3) is 0 Å². The van der Waals surface area contributed by atoms with Crippen LogP contribution in [-0.2, 0) is 0 Å². The van der Waals surface area contributed by atoms with Gasteiger partial charge in [-0.15, -0.1) is 0 Å². The Hall–Kier alpha value is -0.0400. The average molecular weight is 155 g/mol. The molecule has 0 saturated carbocycles. The predicted molar refractivity (Wildman–Crippen MR) is 49.6 cm³/mol. The van der Waals surface area contributed by atoms with Gasteiger partial charge in [-0.3, -0.25) is 0 Å². The topological polar surface area (TPSA) is 12.0 Å². The molecule has 0 amide bonds. The Labute approximate surface area is 70.6 Å². The van der Waals surface area contributed by atoms with Crippen molar-refractivity contribution in [2.45, 2.75) is 46.6 Å². The highest BCUT2D eigenvalue weighted by atomic mass is 14.9. The van der Waals surface area contributed by atoms with Gasteiger partial charge in [0.2, 0.25) is 0 Å². The van der Waals surface area contributed by atoms with Crippen molar-refractivity contribution >= 4 is 0 Å². The van der Waals surface area contributed by atoms with Gasteiger partial charge in [-0.1, -0.05) is 20.8 Å².